The van der Waals surface area contributed by atoms with Crippen molar-refractivity contribution < 1.29 is 4.39 Å². The summed E-state index contributed by atoms with van der Waals surface area (Å²) in [5.41, 5.74) is 0.906. The summed E-state index contributed by atoms with van der Waals surface area (Å²) < 4.78 is 14.4. The Morgan fingerprint density at radius 1 is 1.50 bits per heavy atom. The van der Waals surface area contributed by atoms with E-state index in [1.54, 1.807) is 23.7 Å². The second-order valence-corrected chi connectivity index (χ2v) is 5.03. The highest BCUT2D eigenvalue weighted by atomic mass is 32.1. The van der Waals surface area contributed by atoms with Crippen LogP contribution in [0.25, 0.3) is 10.2 Å². The first-order valence-corrected chi connectivity index (χ1v) is 6.24. The largest absolute Gasteiger partial charge is 0.345 e. The van der Waals surface area contributed by atoms with Crippen LogP contribution in [0.5, 0.6) is 0 Å². The van der Waals surface area contributed by atoms with E-state index in [0.29, 0.717) is 13.0 Å². The first-order valence-electron chi connectivity index (χ1n) is 5.42. The average molecular weight is 237 g/mol. The highest BCUT2D eigenvalue weighted by molar-refractivity contribution is 7.22. The maximum atomic E-state index is 13.3. The molecule has 2 aromatic rings. The molecule has 1 saturated heterocycles. The molecule has 1 unspecified atom stereocenters. The zero-order valence-corrected chi connectivity index (χ0v) is 9.58. The van der Waals surface area contributed by atoms with Crippen LogP contribution in [0.2, 0.25) is 0 Å². The molecule has 0 spiro atoms. The molecule has 0 bridgehead atoms. The molecular weight excluding hydrogens is 225 g/mol. The first-order chi connectivity index (χ1) is 7.83. The Morgan fingerprint density at radius 3 is 3.25 bits per heavy atom. The monoisotopic (exact) mass is 237 g/mol. The van der Waals surface area contributed by atoms with Crippen LogP contribution >= 0.6 is 11.3 Å². The van der Waals surface area contributed by atoms with Gasteiger partial charge in [0.2, 0.25) is 0 Å². The van der Waals surface area contributed by atoms with Crippen molar-refractivity contribution in [3.8, 4) is 0 Å². The van der Waals surface area contributed by atoms with Crippen LogP contribution in [0.1, 0.15) is 12.8 Å². The third-order valence-corrected chi connectivity index (χ3v) is 3.91. The maximum Gasteiger partial charge on any atom is 0.186 e. The standard InChI is InChI=1S/C11H12FN3S/c12-8-2-1-5-15(7-8)11-14-9-6-13-4-3-10(9)16-11/h3-4,6,8H,1-2,5,7H2. The zero-order chi connectivity index (χ0) is 11.0. The topological polar surface area (TPSA) is 29.0 Å². The molecule has 84 valence electrons. The van der Waals surface area contributed by atoms with Crippen LogP contribution in [0.3, 0.4) is 0 Å². The maximum absolute atomic E-state index is 13.3. The molecule has 3 rings (SSSR count). The number of pyridine rings is 1. The molecule has 3 heterocycles. The van der Waals surface area contributed by atoms with E-state index in [2.05, 4.69) is 9.97 Å². The highest BCUT2D eigenvalue weighted by Gasteiger charge is 2.21. The number of alkyl halides is 1. The lowest BCUT2D eigenvalue weighted by Crippen LogP contribution is -2.36. The molecule has 1 fully saturated rings. The third-order valence-electron chi connectivity index (χ3n) is 2.81. The van der Waals surface area contributed by atoms with E-state index in [1.165, 1.54) is 0 Å². The van der Waals surface area contributed by atoms with E-state index in [4.69, 9.17) is 0 Å². The number of halogens is 1. The Balaban J connectivity index is 1.93. The number of aromatic nitrogens is 2. The first kappa shape index (κ1) is 9.96. The summed E-state index contributed by atoms with van der Waals surface area (Å²) in [5.74, 6) is 0. The summed E-state index contributed by atoms with van der Waals surface area (Å²) in [6.07, 6.45) is 4.40. The number of nitrogens with zero attached hydrogens (tertiary/aromatic N) is 3. The Kier molecular flexibility index (Phi) is 2.47. The molecule has 0 N–H and O–H groups in total. The third kappa shape index (κ3) is 1.75. The molecule has 0 aromatic carbocycles. The minimum Gasteiger partial charge on any atom is -0.345 e. The number of anilines is 1. The molecule has 16 heavy (non-hydrogen) atoms. The van der Waals surface area contributed by atoms with Crippen molar-refractivity contribution in [2.75, 3.05) is 18.0 Å². The number of fused-ring (bicyclic) bond motifs is 1. The Hall–Kier alpha value is -1.23. The lowest BCUT2D eigenvalue weighted by Gasteiger charge is -2.28. The van der Waals surface area contributed by atoms with Gasteiger partial charge in [0, 0.05) is 12.7 Å². The van der Waals surface area contributed by atoms with Crippen molar-refractivity contribution in [3.63, 3.8) is 0 Å². The smallest absolute Gasteiger partial charge is 0.186 e. The predicted octanol–water partition coefficient (Wildman–Crippen LogP) is 2.63. The summed E-state index contributed by atoms with van der Waals surface area (Å²) in [6, 6.07) is 1.95. The summed E-state index contributed by atoms with van der Waals surface area (Å²) in [6.45, 7) is 1.39. The minimum absolute atomic E-state index is 0.479. The van der Waals surface area contributed by atoms with Gasteiger partial charge in [-0.25, -0.2) is 9.37 Å². The molecular formula is C11H12FN3S. The van der Waals surface area contributed by atoms with E-state index in [9.17, 15) is 4.39 Å². The molecule has 1 aliphatic heterocycles. The Bertz CT molecular complexity index is 466. The van der Waals surface area contributed by atoms with Gasteiger partial charge >= 0.3 is 0 Å². The lowest BCUT2D eigenvalue weighted by atomic mass is 10.1. The number of thiazole rings is 1. The van der Waals surface area contributed by atoms with Crippen LogP contribution in [0.4, 0.5) is 9.52 Å². The van der Waals surface area contributed by atoms with Crippen LogP contribution in [0, 0.1) is 0 Å². The SMILES string of the molecule is FC1CCCN(c2nc3cnccc3s2)C1. The molecule has 2 aromatic heterocycles. The van der Waals surface area contributed by atoms with Crippen molar-refractivity contribution in [2.24, 2.45) is 0 Å². The van der Waals surface area contributed by atoms with Crippen molar-refractivity contribution in [1.29, 1.82) is 0 Å². The van der Waals surface area contributed by atoms with Crippen LogP contribution in [0.15, 0.2) is 18.5 Å². The number of hydrogen-bond acceptors (Lipinski definition) is 4. The predicted molar refractivity (Wildman–Crippen MR) is 63.8 cm³/mol. The minimum atomic E-state index is -0.709. The fourth-order valence-corrected chi connectivity index (χ4v) is 2.97. The molecule has 0 radical (unpaired) electrons. The Morgan fingerprint density at radius 2 is 2.44 bits per heavy atom. The molecule has 1 aliphatic rings. The van der Waals surface area contributed by atoms with Crippen LogP contribution in [-0.4, -0.2) is 29.2 Å². The number of rotatable bonds is 1. The molecule has 0 aliphatic carbocycles. The van der Waals surface area contributed by atoms with Crippen molar-refractivity contribution in [2.45, 2.75) is 19.0 Å². The van der Waals surface area contributed by atoms with Crippen LogP contribution in [-0.2, 0) is 0 Å². The highest BCUT2D eigenvalue weighted by Crippen LogP contribution is 2.30. The molecule has 0 saturated carbocycles. The molecule has 5 heteroatoms. The van der Waals surface area contributed by atoms with Gasteiger partial charge in [-0.05, 0) is 18.9 Å². The summed E-state index contributed by atoms with van der Waals surface area (Å²) in [5, 5.41) is 0.922. The van der Waals surface area contributed by atoms with Gasteiger partial charge in [-0.2, -0.15) is 0 Å². The summed E-state index contributed by atoms with van der Waals surface area (Å²) in [7, 11) is 0. The number of piperidine rings is 1. The van der Waals surface area contributed by atoms with Gasteiger partial charge < -0.3 is 4.90 Å². The Labute approximate surface area is 96.9 Å². The molecule has 3 nitrogen and oxygen atoms in total. The van der Waals surface area contributed by atoms with Gasteiger partial charge in [-0.3, -0.25) is 4.98 Å². The van der Waals surface area contributed by atoms with E-state index >= 15 is 0 Å². The van der Waals surface area contributed by atoms with Gasteiger partial charge in [-0.1, -0.05) is 11.3 Å². The summed E-state index contributed by atoms with van der Waals surface area (Å²) >= 11 is 1.61. The summed E-state index contributed by atoms with van der Waals surface area (Å²) in [4.78, 5) is 10.6. The second kappa shape index (κ2) is 3.97. The zero-order valence-electron chi connectivity index (χ0n) is 8.77. The van der Waals surface area contributed by atoms with Crippen molar-refractivity contribution >= 4 is 26.7 Å². The van der Waals surface area contributed by atoms with Gasteiger partial charge in [0.15, 0.2) is 5.13 Å². The van der Waals surface area contributed by atoms with Gasteiger partial charge in [0.05, 0.1) is 17.4 Å². The van der Waals surface area contributed by atoms with E-state index in [-0.39, 0.29) is 0 Å². The van der Waals surface area contributed by atoms with Crippen molar-refractivity contribution in [1.82, 2.24) is 9.97 Å². The second-order valence-electron chi connectivity index (χ2n) is 4.03. The fraction of sp³-hybridized carbons (Fsp3) is 0.455. The normalized spacial score (nSPS) is 21.6. The molecule has 1 atom stereocenters. The van der Waals surface area contributed by atoms with E-state index < -0.39 is 6.17 Å². The molecule has 0 amide bonds. The van der Waals surface area contributed by atoms with Crippen LogP contribution < -0.4 is 4.90 Å². The van der Waals surface area contributed by atoms with E-state index in [1.807, 2.05) is 11.0 Å². The van der Waals surface area contributed by atoms with Crippen molar-refractivity contribution in [3.05, 3.63) is 18.5 Å². The van der Waals surface area contributed by atoms with Gasteiger partial charge in [0.25, 0.3) is 0 Å². The average Bonchev–Trinajstić information content (AvgIpc) is 2.72. The fourth-order valence-electron chi connectivity index (χ4n) is 2.00. The number of hydrogen-bond donors (Lipinski definition) is 0. The quantitative estimate of drug-likeness (QED) is 0.763. The van der Waals surface area contributed by atoms with E-state index in [0.717, 1.165) is 28.3 Å². The van der Waals surface area contributed by atoms with Gasteiger partial charge in [0.1, 0.15) is 11.7 Å². The van der Waals surface area contributed by atoms with Gasteiger partial charge in [-0.15, -0.1) is 0 Å². The lowest BCUT2D eigenvalue weighted by molar-refractivity contribution is 0.287.